The highest BCUT2D eigenvalue weighted by molar-refractivity contribution is 5.92. The van der Waals surface area contributed by atoms with Crippen molar-refractivity contribution in [3.63, 3.8) is 0 Å². The van der Waals surface area contributed by atoms with Gasteiger partial charge in [-0.3, -0.25) is 4.79 Å². The zero-order chi connectivity index (χ0) is 16.8. The molecule has 5 heteroatoms. The summed E-state index contributed by atoms with van der Waals surface area (Å²) in [6.07, 6.45) is 11.8. The van der Waals surface area contributed by atoms with Crippen LogP contribution in [0.2, 0.25) is 0 Å². The zero-order valence-electron chi connectivity index (χ0n) is 14.4. The molecule has 2 saturated carbocycles. The summed E-state index contributed by atoms with van der Waals surface area (Å²) in [6, 6.07) is 3.88. The molecule has 0 aliphatic heterocycles. The third kappa shape index (κ3) is 4.69. The highest BCUT2D eigenvalue weighted by Gasteiger charge is 2.26. The Morgan fingerprint density at radius 3 is 2.83 bits per heavy atom. The van der Waals surface area contributed by atoms with Crippen LogP contribution in [0.3, 0.4) is 0 Å². The molecule has 2 fully saturated rings. The van der Waals surface area contributed by atoms with Gasteiger partial charge in [0, 0.05) is 18.2 Å². The van der Waals surface area contributed by atoms with Crippen molar-refractivity contribution in [1.29, 1.82) is 0 Å². The number of pyridine rings is 1. The van der Waals surface area contributed by atoms with Crippen LogP contribution in [0.25, 0.3) is 0 Å². The van der Waals surface area contributed by atoms with E-state index in [1.54, 1.807) is 6.20 Å². The molecule has 1 aromatic heterocycles. The van der Waals surface area contributed by atoms with Crippen molar-refractivity contribution >= 4 is 11.7 Å². The molecule has 2 unspecified atom stereocenters. The minimum Gasteiger partial charge on any atom is -0.489 e. The monoisotopic (exact) mass is 331 g/mol. The molecule has 24 heavy (non-hydrogen) atoms. The molecule has 3 N–H and O–H groups in total. The van der Waals surface area contributed by atoms with E-state index < -0.39 is 0 Å². The van der Waals surface area contributed by atoms with E-state index in [4.69, 9.17) is 10.5 Å². The second-order valence-corrected chi connectivity index (χ2v) is 7.28. The Morgan fingerprint density at radius 2 is 2.04 bits per heavy atom. The number of amides is 1. The molecule has 1 heterocycles. The van der Waals surface area contributed by atoms with E-state index in [0.717, 1.165) is 25.7 Å². The molecular weight excluding hydrogens is 302 g/mol. The van der Waals surface area contributed by atoms with Crippen LogP contribution in [0.5, 0.6) is 5.75 Å². The number of hydrogen-bond donors (Lipinski definition) is 2. The van der Waals surface area contributed by atoms with Crippen LogP contribution in [0, 0.1) is 11.8 Å². The molecule has 0 saturated heterocycles. The van der Waals surface area contributed by atoms with Crippen molar-refractivity contribution in [3.8, 4) is 5.75 Å². The predicted molar refractivity (Wildman–Crippen MR) is 94.9 cm³/mol. The summed E-state index contributed by atoms with van der Waals surface area (Å²) in [5, 5.41) is 2.96. The number of nitrogens with zero attached hydrogens (tertiary/aromatic N) is 1. The molecule has 0 radical (unpaired) electrons. The van der Waals surface area contributed by atoms with Gasteiger partial charge in [0.1, 0.15) is 0 Å². The average molecular weight is 331 g/mol. The molecule has 0 spiro atoms. The Balaban J connectivity index is 1.57. The quantitative estimate of drug-likeness (QED) is 0.866. The van der Waals surface area contributed by atoms with Gasteiger partial charge in [0.05, 0.1) is 6.61 Å². The van der Waals surface area contributed by atoms with E-state index >= 15 is 0 Å². The van der Waals surface area contributed by atoms with Crippen molar-refractivity contribution in [2.75, 3.05) is 11.9 Å². The Kier molecular flexibility index (Phi) is 6.07. The predicted octanol–water partition coefficient (Wildman–Crippen LogP) is 3.50. The number of anilines is 1. The number of rotatable bonds is 5. The molecule has 1 aromatic rings. The molecule has 3 rings (SSSR count). The lowest BCUT2D eigenvalue weighted by Gasteiger charge is -2.26. The van der Waals surface area contributed by atoms with E-state index in [-0.39, 0.29) is 17.9 Å². The summed E-state index contributed by atoms with van der Waals surface area (Å²) >= 11 is 0. The maximum Gasteiger partial charge on any atom is 0.228 e. The normalized spacial score (nSPS) is 25.2. The number of nitrogens with one attached hydrogen (secondary N) is 1. The first-order valence-corrected chi connectivity index (χ1v) is 9.36. The third-order valence-corrected chi connectivity index (χ3v) is 5.30. The van der Waals surface area contributed by atoms with Crippen LogP contribution in [0.4, 0.5) is 5.82 Å². The highest BCUT2D eigenvalue weighted by Crippen LogP contribution is 2.29. The Morgan fingerprint density at radius 1 is 1.21 bits per heavy atom. The first kappa shape index (κ1) is 17.2. The largest absolute Gasteiger partial charge is 0.489 e. The van der Waals surface area contributed by atoms with Gasteiger partial charge in [-0.05, 0) is 50.2 Å². The molecule has 5 nitrogen and oxygen atoms in total. The molecular formula is C19H29N3O2. The molecule has 132 valence electrons. The van der Waals surface area contributed by atoms with E-state index in [2.05, 4.69) is 10.3 Å². The average Bonchev–Trinajstić information content (AvgIpc) is 2.62. The number of nitrogens with two attached hydrogens (primary N) is 1. The lowest BCUT2D eigenvalue weighted by atomic mass is 9.85. The van der Waals surface area contributed by atoms with Crippen molar-refractivity contribution in [3.05, 3.63) is 18.3 Å². The van der Waals surface area contributed by atoms with Gasteiger partial charge in [0.2, 0.25) is 5.91 Å². The molecule has 2 atom stereocenters. The highest BCUT2D eigenvalue weighted by atomic mass is 16.5. The number of carbonyl (C=O) groups excluding carboxylic acids is 1. The van der Waals surface area contributed by atoms with Gasteiger partial charge in [0.15, 0.2) is 11.6 Å². The van der Waals surface area contributed by atoms with Crippen LogP contribution in [-0.2, 0) is 4.79 Å². The number of ether oxygens (including phenoxy) is 1. The maximum atomic E-state index is 12.5. The van der Waals surface area contributed by atoms with E-state index in [0.29, 0.717) is 24.1 Å². The van der Waals surface area contributed by atoms with Gasteiger partial charge >= 0.3 is 0 Å². The van der Waals surface area contributed by atoms with Gasteiger partial charge < -0.3 is 15.8 Å². The fraction of sp³-hybridized carbons (Fsp3) is 0.684. The molecule has 2 aliphatic rings. The van der Waals surface area contributed by atoms with Gasteiger partial charge in [-0.1, -0.05) is 25.7 Å². The second kappa shape index (κ2) is 8.47. The Bertz CT molecular complexity index is 543. The van der Waals surface area contributed by atoms with Crippen molar-refractivity contribution in [2.24, 2.45) is 17.6 Å². The number of carbonyl (C=O) groups is 1. The minimum absolute atomic E-state index is 0.0121. The number of hydrogen-bond acceptors (Lipinski definition) is 4. The molecule has 2 aliphatic carbocycles. The Hall–Kier alpha value is -1.62. The maximum absolute atomic E-state index is 12.5. The van der Waals surface area contributed by atoms with Gasteiger partial charge in [-0.15, -0.1) is 0 Å². The van der Waals surface area contributed by atoms with Crippen molar-refractivity contribution < 1.29 is 9.53 Å². The van der Waals surface area contributed by atoms with Crippen LogP contribution in [-0.4, -0.2) is 23.5 Å². The van der Waals surface area contributed by atoms with Gasteiger partial charge in [-0.25, -0.2) is 4.98 Å². The van der Waals surface area contributed by atoms with Crippen LogP contribution >= 0.6 is 0 Å². The molecule has 0 bridgehead atoms. The SMILES string of the molecule is NC1CCCC(C(=O)Nc2ncccc2OCC2CCCCC2)C1. The lowest BCUT2D eigenvalue weighted by Crippen LogP contribution is -2.34. The second-order valence-electron chi connectivity index (χ2n) is 7.28. The topological polar surface area (TPSA) is 77.2 Å². The van der Waals surface area contributed by atoms with Gasteiger partial charge in [-0.2, -0.15) is 0 Å². The zero-order valence-corrected chi connectivity index (χ0v) is 14.4. The van der Waals surface area contributed by atoms with Crippen molar-refractivity contribution in [2.45, 2.75) is 63.8 Å². The van der Waals surface area contributed by atoms with E-state index in [1.807, 2.05) is 12.1 Å². The van der Waals surface area contributed by atoms with Crippen LogP contribution in [0.15, 0.2) is 18.3 Å². The minimum atomic E-state index is -0.0121. The summed E-state index contributed by atoms with van der Waals surface area (Å²) in [6.45, 7) is 0.711. The molecule has 1 amide bonds. The van der Waals surface area contributed by atoms with Crippen LogP contribution < -0.4 is 15.8 Å². The fourth-order valence-corrected chi connectivity index (χ4v) is 3.85. The van der Waals surface area contributed by atoms with Crippen molar-refractivity contribution in [1.82, 2.24) is 4.98 Å². The smallest absolute Gasteiger partial charge is 0.228 e. The Labute approximate surface area is 144 Å². The first-order chi connectivity index (χ1) is 11.7. The first-order valence-electron chi connectivity index (χ1n) is 9.36. The fourth-order valence-electron chi connectivity index (χ4n) is 3.85. The molecule has 0 aromatic carbocycles. The lowest BCUT2D eigenvalue weighted by molar-refractivity contribution is -0.120. The van der Waals surface area contributed by atoms with E-state index in [9.17, 15) is 4.79 Å². The number of aromatic nitrogens is 1. The third-order valence-electron chi connectivity index (χ3n) is 5.30. The van der Waals surface area contributed by atoms with E-state index in [1.165, 1.54) is 32.1 Å². The van der Waals surface area contributed by atoms with Crippen LogP contribution in [0.1, 0.15) is 57.8 Å². The van der Waals surface area contributed by atoms with Gasteiger partial charge in [0.25, 0.3) is 0 Å². The summed E-state index contributed by atoms with van der Waals surface area (Å²) in [5.74, 6) is 1.85. The standard InChI is InChI=1S/C19H29N3O2/c20-16-9-4-8-15(12-16)19(23)22-18-17(10-5-11-21-18)24-13-14-6-2-1-3-7-14/h5,10-11,14-16H,1-4,6-9,12-13,20H2,(H,21,22,23). The summed E-state index contributed by atoms with van der Waals surface area (Å²) < 4.78 is 5.98. The summed E-state index contributed by atoms with van der Waals surface area (Å²) in [7, 11) is 0. The summed E-state index contributed by atoms with van der Waals surface area (Å²) in [4.78, 5) is 16.8. The summed E-state index contributed by atoms with van der Waals surface area (Å²) in [5.41, 5.74) is 6.00.